The summed E-state index contributed by atoms with van der Waals surface area (Å²) in [5, 5.41) is 4.26. The van der Waals surface area contributed by atoms with Crippen molar-refractivity contribution in [2.75, 3.05) is 18.7 Å². The van der Waals surface area contributed by atoms with Crippen molar-refractivity contribution in [2.45, 2.75) is 191 Å². The molecule has 11 aromatic heterocycles. The Morgan fingerprint density at radius 3 is 1.49 bits per heavy atom. The van der Waals surface area contributed by atoms with Gasteiger partial charge >= 0.3 is 0 Å². The van der Waals surface area contributed by atoms with E-state index in [1.165, 1.54) is 70.4 Å². The zero-order chi connectivity index (χ0) is 77.9. The molecule has 4 aromatic carbocycles. The standard InChI is InChI=1S/C12H13N.2C11H12N2.C11H15NO.C10H11NO.2C10H11NS.C9H12N2O.C8H11N/c1-9(2)10-5-6-12-11(8-10)4-3-7-13-12;1-8(2)9-3-4-10-11(7-9)13-6-5-12-10;1-8(2)9-6-11-10(13-7-9)4-3-5-12-11;1-8(2)10-6-9-4-3-5-13-11(9)12-7-10;1-7(2)8-5-10-9(11-6-8)3-4-12-10;1-7(2)8-3-4-10-9(5-8)11-6-12-10;1-7(2)8-3-4-9-10(5-8)12-6-11-9;1-6(2)7-3-8-9(10-4-7)11-5-12-8;1-7(2)8-4-3-5-9-6-8/h3-9H,1-2H3;2*3-8H,1-2H3;6-8H,3-5H2,1-2H3;3*3-7H,1-2H3;3-4,6H,5H2,1-2H3,(H,10,11);3-7H,1-2H3. The normalized spacial score (nSPS) is 11.8. The number of aryl methyl sites for hydroxylation is 1. The maximum Gasteiger partial charge on any atom is 0.216 e. The average Bonchev–Trinajstić information content (AvgIpc) is 1.72. The fourth-order valence-corrected chi connectivity index (χ4v) is 12.6. The van der Waals surface area contributed by atoms with E-state index >= 15 is 0 Å². The number of fused-ring (bicyclic) bond motifs is 8. The number of benzene rings is 4. The van der Waals surface area contributed by atoms with Crippen LogP contribution in [-0.2, 0) is 6.42 Å². The van der Waals surface area contributed by atoms with Gasteiger partial charge in [0.1, 0.15) is 5.52 Å². The van der Waals surface area contributed by atoms with Crippen molar-refractivity contribution in [1.82, 2.24) is 54.8 Å². The van der Waals surface area contributed by atoms with E-state index in [0.717, 1.165) is 86.6 Å². The molecule has 15 nitrogen and oxygen atoms in total. The molecule has 0 bridgehead atoms. The van der Waals surface area contributed by atoms with Crippen LogP contribution in [0.3, 0.4) is 0 Å². The van der Waals surface area contributed by atoms with Crippen LogP contribution in [0.15, 0.2) is 223 Å². The smallest absolute Gasteiger partial charge is 0.216 e. The van der Waals surface area contributed by atoms with Gasteiger partial charge in [0.2, 0.25) is 5.88 Å². The summed E-state index contributed by atoms with van der Waals surface area (Å²) < 4.78 is 18.6. The molecular formula is C92H108N12O3S2. The Bertz CT molecular complexity index is 4880. The number of hydrogen-bond acceptors (Lipinski definition) is 17. The molecule has 0 atom stereocenters. The van der Waals surface area contributed by atoms with Gasteiger partial charge in [-0.15, -0.1) is 22.7 Å². The Balaban J connectivity index is 0.000000142. The second-order valence-corrected chi connectivity index (χ2v) is 31.5. The zero-order valence-corrected chi connectivity index (χ0v) is 68.4. The van der Waals surface area contributed by atoms with Crippen molar-refractivity contribution in [3.05, 3.63) is 274 Å². The predicted octanol–water partition coefficient (Wildman–Crippen LogP) is 25.4. The molecule has 0 amide bonds. The Kier molecular flexibility index (Phi) is 31.2. The molecule has 2 aliphatic heterocycles. The van der Waals surface area contributed by atoms with Crippen molar-refractivity contribution in [1.29, 1.82) is 0 Å². The van der Waals surface area contributed by atoms with Gasteiger partial charge in [-0.3, -0.25) is 34.9 Å². The fraction of sp³-hybridized carbons (Fsp3) is 0.337. The summed E-state index contributed by atoms with van der Waals surface area (Å²) in [5.41, 5.74) is 25.8. The van der Waals surface area contributed by atoms with Crippen LogP contribution < -0.4 is 14.8 Å². The van der Waals surface area contributed by atoms with E-state index in [0.29, 0.717) is 60.0 Å². The number of aromatic nitrogens is 11. The fourth-order valence-electron chi connectivity index (χ4n) is 11.2. The van der Waals surface area contributed by atoms with Crippen LogP contribution in [0.4, 0.5) is 5.82 Å². The number of nitrogens with one attached hydrogen (secondary N) is 1. The molecule has 0 saturated carbocycles. The maximum atomic E-state index is 5.45. The highest BCUT2D eigenvalue weighted by Gasteiger charge is 2.16. The first-order valence-corrected chi connectivity index (χ1v) is 39.9. The van der Waals surface area contributed by atoms with Crippen LogP contribution >= 0.6 is 22.7 Å². The summed E-state index contributed by atoms with van der Waals surface area (Å²) >= 11 is 3.40. The first kappa shape index (κ1) is 82.6. The van der Waals surface area contributed by atoms with Crippen LogP contribution in [-0.4, -0.2) is 68.2 Å². The van der Waals surface area contributed by atoms with Gasteiger partial charge in [-0.05, 0) is 213 Å². The summed E-state index contributed by atoms with van der Waals surface area (Å²) in [5.74, 6) is 7.59. The van der Waals surface area contributed by atoms with Crippen molar-refractivity contribution in [3.8, 4) is 11.6 Å². The first-order chi connectivity index (χ1) is 52.5. The third kappa shape index (κ3) is 24.8. The summed E-state index contributed by atoms with van der Waals surface area (Å²) in [6.07, 6.45) is 22.3. The third-order valence-corrected chi connectivity index (χ3v) is 20.0. The second kappa shape index (κ2) is 41.2. The minimum Gasteiger partial charge on any atom is -0.477 e. The molecule has 0 aliphatic carbocycles. The molecule has 0 unspecified atom stereocenters. The number of hydrogen-bond donors (Lipinski definition) is 1. The highest BCUT2D eigenvalue weighted by molar-refractivity contribution is 7.17. The number of pyridine rings is 7. The minimum atomic E-state index is 0.506. The molecule has 15 aromatic rings. The predicted molar refractivity (Wildman–Crippen MR) is 457 cm³/mol. The van der Waals surface area contributed by atoms with E-state index in [-0.39, 0.29) is 0 Å². The lowest BCUT2D eigenvalue weighted by Crippen LogP contribution is -2.10. The van der Waals surface area contributed by atoms with Gasteiger partial charge in [0.15, 0.2) is 23.9 Å². The van der Waals surface area contributed by atoms with Crippen molar-refractivity contribution in [3.63, 3.8) is 0 Å². The average molecular weight is 1490 g/mol. The van der Waals surface area contributed by atoms with Gasteiger partial charge in [-0.2, -0.15) is 0 Å². The number of anilines is 1. The van der Waals surface area contributed by atoms with Gasteiger partial charge < -0.3 is 19.2 Å². The molecule has 17 heteroatoms. The zero-order valence-electron chi connectivity index (χ0n) is 66.8. The second-order valence-electron chi connectivity index (χ2n) is 29.7. The van der Waals surface area contributed by atoms with Gasteiger partial charge in [-0.1, -0.05) is 161 Å². The summed E-state index contributed by atoms with van der Waals surface area (Å²) in [7, 11) is 0. The van der Waals surface area contributed by atoms with E-state index in [9.17, 15) is 0 Å². The van der Waals surface area contributed by atoms with Crippen LogP contribution in [0.5, 0.6) is 11.6 Å². The molecule has 2 aliphatic rings. The van der Waals surface area contributed by atoms with Crippen LogP contribution in [0.2, 0.25) is 0 Å². The lowest BCUT2D eigenvalue weighted by molar-refractivity contribution is 0.276. The molecule has 109 heavy (non-hydrogen) atoms. The Morgan fingerprint density at radius 1 is 0.339 bits per heavy atom. The first-order valence-electron chi connectivity index (χ1n) is 38.1. The molecule has 13 heterocycles. The molecule has 0 spiro atoms. The van der Waals surface area contributed by atoms with E-state index in [4.69, 9.17) is 13.9 Å². The molecule has 0 saturated heterocycles. The van der Waals surface area contributed by atoms with E-state index < -0.39 is 0 Å². The highest BCUT2D eigenvalue weighted by atomic mass is 32.1. The van der Waals surface area contributed by atoms with Crippen LogP contribution in [0.1, 0.15) is 240 Å². The number of ether oxygens (including phenoxy) is 2. The maximum absolute atomic E-state index is 5.45. The molecule has 566 valence electrons. The van der Waals surface area contributed by atoms with Gasteiger partial charge in [0.05, 0.1) is 71.9 Å². The number of furan rings is 1. The lowest BCUT2D eigenvalue weighted by Gasteiger charge is -2.17. The van der Waals surface area contributed by atoms with Gasteiger partial charge in [0, 0.05) is 79.0 Å². The SMILES string of the molecule is CC(C)c1ccc2ncccc2c1.CC(C)c1ccc2nccnc2c1.CC(C)c1ccc2ncsc2c1.CC(C)c1ccc2scnc2c1.CC(C)c1cccnc1.CC(C)c1cnc2c(c1)CCCO2.CC(C)c1cnc2c(c1)OCN2.CC(C)c1cnc2cccnc2c1.CC(C)c1cnc2ccoc2c1. The summed E-state index contributed by atoms with van der Waals surface area (Å²) in [6.45, 7) is 40.6. The lowest BCUT2D eigenvalue weighted by atomic mass is 10.0. The highest BCUT2D eigenvalue weighted by Crippen LogP contribution is 2.31. The quantitative estimate of drug-likeness (QED) is 0.144. The van der Waals surface area contributed by atoms with Crippen molar-refractivity contribution < 1.29 is 13.9 Å². The number of nitrogens with zero attached hydrogens (tertiary/aromatic N) is 11. The molecular weight excluding hydrogens is 1390 g/mol. The Hall–Kier alpha value is -10.5. The van der Waals surface area contributed by atoms with Gasteiger partial charge in [0.25, 0.3) is 0 Å². The van der Waals surface area contributed by atoms with E-state index in [2.05, 4.69) is 276 Å². The van der Waals surface area contributed by atoms with E-state index in [1.54, 1.807) is 53.7 Å². The molecule has 0 radical (unpaired) electrons. The number of thiazole rings is 2. The summed E-state index contributed by atoms with van der Waals surface area (Å²) in [4.78, 5) is 46.7. The molecule has 0 fully saturated rings. The molecule has 17 rings (SSSR count). The van der Waals surface area contributed by atoms with Gasteiger partial charge in [-0.25, -0.2) is 19.9 Å². The number of rotatable bonds is 9. The largest absolute Gasteiger partial charge is 0.477 e. The van der Waals surface area contributed by atoms with Crippen molar-refractivity contribution in [2.24, 2.45) is 0 Å². The van der Waals surface area contributed by atoms with Crippen LogP contribution in [0.25, 0.3) is 64.5 Å². The van der Waals surface area contributed by atoms with Crippen molar-refractivity contribution >= 4 is 93.0 Å². The third-order valence-electron chi connectivity index (χ3n) is 18.4. The van der Waals surface area contributed by atoms with Crippen LogP contribution in [0, 0.1) is 0 Å². The van der Waals surface area contributed by atoms with E-state index in [1.807, 2.05) is 96.7 Å². The monoisotopic (exact) mass is 1490 g/mol. The molecule has 1 N–H and O–H groups in total. The summed E-state index contributed by atoms with van der Waals surface area (Å²) in [6, 6.07) is 48.0. The Morgan fingerprint density at radius 2 is 0.835 bits per heavy atom. The topological polar surface area (TPSA) is 185 Å². The minimum absolute atomic E-state index is 0.506. The Labute approximate surface area is 653 Å².